The number of nitrogens with one attached hydrogen (secondary N) is 2. The van der Waals surface area contributed by atoms with Gasteiger partial charge in [0, 0.05) is 5.69 Å². The van der Waals surface area contributed by atoms with E-state index in [0.717, 1.165) is 29.1 Å². The van der Waals surface area contributed by atoms with Gasteiger partial charge in [-0.2, -0.15) is 0 Å². The average molecular weight is 394 g/mol. The molecule has 2 aromatic carbocycles. The highest BCUT2D eigenvalue weighted by Gasteiger charge is 2.37. The Kier molecular flexibility index (Phi) is 5.09. The molecule has 0 fully saturated rings. The van der Waals surface area contributed by atoms with Crippen LogP contribution in [0.2, 0.25) is 0 Å². The smallest absolute Gasteiger partial charge is 0.240 e. The fraction of sp³-hybridized carbons (Fsp3) is 0.286. The SMILES string of the molecule is CCc1ccccc1NC(=O)C1Sc2nnc(C)n2NC1c1ccc(C)cc1. The van der Waals surface area contributed by atoms with E-state index in [2.05, 4.69) is 59.1 Å². The van der Waals surface area contributed by atoms with Crippen molar-refractivity contribution in [3.05, 3.63) is 71.0 Å². The van der Waals surface area contributed by atoms with E-state index in [1.807, 2.05) is 35.9 Å². The molecule has 2 N–H and O–H groups in total. The Morgan fingerprint density at radius 2 is 1.89 bits per heavy atom. The van der Waals surface area contributed by atoms with Gasteiger partial charge in [0.05, 0.1) is 6.04 Å². The quantitative estimate of drug-likeness (QED) is 0.704. The van der Waals surface area contributed by atoms with Gasteiger partial charge in [-0.25, -0.2) is 4.68 Å². The molecule has 28 heavy (non-hydrogen) atoms. The first kappa shape index (κ1) is 18.6. The number of carbonyl (C=O) groups is 1. The number of benzene rings is 2. The number of aryl methyl sites for hydroxylation is 3. The zero-order chi connectivity index (χ0) is 19.7. The summed E-state index contributed by atoms with van der Waals surface area (Å²) in [6.45, 7) is 6.04. The Bertz CT molecular complexity index is 998. The summed E-state index contributed by atoms with van der Waals surface area (Å²) in [5.74, 6) is 0.727. The monoisotopic (exact) mass is 393 g/mol. The van der Waals surface area contributed by atoms with Crippen LogP contribution in [-0.2, 0) is 11.2 Å². The van der Waals surface area contributed by atoms with Gasteiger partial charge in [0.1, 0.15) is 11.1 Å². The molecule has 2 atom stereocenters. The molecule has 0 saturated heterocycles. The summed E-state index contributed by atoms with van der Waals surface area (Å²) in [6, 6.07) is 16.0. The largest absolute Gasteiger partial charge is 0.325 e. The van der Waals surface area contributed by atoms with Crippen LogP contribution in [0.4, 0.5) is 5.69 Å². The lowest BCUT2D eigenvalue weighted by Gasteiger charge is -2.33. The molecule has 1 aromatic heterocycles. The zero-order valence-electron chi connectivity index (χ0n) is 16.1. The number of nitrogens with zero attached hydrogens (tertiary/aromatic N) is 3. The number of hydrogen-bond acceptors (Lipinski definition) is 5. The lowest BCUT2D eigenvalue weighted by atomic mass is 10.0. The molecule has 2 unspecified atom stereocenters. The van der Waals surface area contributed by atoms with E-state index in [-0.39, 0.29) is 17.2 Å². The van der Waals surface area contributed by atoms with Crippen molar-refractivity contribution >= 4 is 23.4 Å². The molecule has 4 rings (SSSR count). The molecule has 2 heterocycles. The number of rotatable bonds is 4. The van der Waals surface area contributed by atoms with Crippen LogP contribution in [0.25, 0.3) is 0 Å². The second-order valence-electron chi connectivity index (χ2n) is 6.92. The lowest BCUT2D eigenvalue weighted by Crippen LogP contribution is -2.41. The number of para-hydroxylation sites is 1. The molecule has 0 spiro atoms. The predicted molar refractivity (Wildman–Crippen MR) is 112 cm³/mol. The fourth-order valence-electron chi connectivity index (χ4n) is 3.34. The van der Waals surface area contributed by atoms with Gasteiger partial charge in [-0.1, -0.05) is 66.7 Å². The van der Waals surface area contributed by atoms with E-state index in [0.29, 0.717) is 5.16 Å². The van der Waals surface area contributed by atoms with Gasteiger partial charge in [-0.05, 0) is 37.5 Å². The van der Waals surface area contributed by atoms with Crippen molar-refractivity contribution in [2.45, 2.75) is 43.6 Å². The summed E-state index contributed by atoms with van der Waals surface area (Å²) in [7, 11) is 0. The standard InChI is InChI=1S/C21H23N5OS/c1-4-15-7-5-6-8-17(15)22-20(27)19-18(16-11-9-13(2)10-12-16)25-26-14(3)23-24-21(26)28-19/h5-12,18-19,25H,4H2,1-3H3,(H,22,27). The molecule has 6 nitrogen and oxygen atoms in total. The topological polar surface area (TPSA) is 71.8 Å². The van der Waals surface area contributed by atoms with E-state index < -0.39 is 0 Å². The molecule has 0 bridgehead atoms. The van der Waals surface area contributed by atoms with Crippen molar-refractivity contribution < 1.29 is 4.79 Å². The van der Waals surface area contributed by atoms with Crippen molar-refractivity contribution in [2.75, 3.05) is 10.7 Å². The highest BCUT2D eigenvalue weighted by molar-refractivity contribution is 8.00. The maximum atomic E-state index is 13.3. The van der Waals surface area contributed by atoms with Crippen LogP contribution in [0.1, 0.15) is 35.5 Å². The summed E-state index contributed by atoms with van der Waals surface area (Å²) in [4.78, 5) is 13.3. The van der Waals surface area contributed by atoms with Crippen molar-refractivity contribution in [2.24, 2.45) is 0 Å². The van der Waals surface area contributed by atoms with E-state index in [1.54, 1.807) is 0 Å². The molecule has 1 aliphatic heterocycles. The minimum absolute atomic E-state index is 0.0455. The van der Waals surface area contributed by atoms with Gasteiger partial charge in [0.25, 0.3) is 0 Å². The van der Waals surface area contributed by atoms with Gasteiger partial charge in [-0.3, -0.25) is 4.79 Å². The molecule has 1 aliphatic rings. The van der Waals surface area contributed by atoms with Gasteiger partial charge in [0.15, 0.2) is 0 Å². The molecule has 0 radical (unpaired) electrons. The van der Waals surface area contributed by atoms with Crippen molar-refractivity contribution in [3.8, 4) is 0 Å². The van der Waals surface area contributed by atoms with Gasteiger partial charge in [0.2, 0.25) is 11.1 Å². The minimum atomic E-state index is -0.372. The number of thioether (sulfide) groups is 1. The number of amides is 1. The first-order valence-electron chi connectivity index (χ1n) is 9.37. The molecule has 7 heteroatoms. The second-order valence-corrected chi connectivity index (χ2v) is 8.03. The summed E-state index contributed by atoms with van der Waals surface area (Å²) in [6.07, 6.45) is 0.863. The van der Waals surface area contributed by atoms with E-state index in [9.17, 15) is 4.79 Å². The summed E-state index contributed by atoms with van der Waals surface area (Å²) < 4.78 is 1.86. The first-order valence-corrected chi connectivity index (χ1v) is 10.3. The van der Waals surface area contributed by atoms with E-state index in [4.69, 9.17) is 0 Å². The molecule has 1 amide bonds. The van der Waals surface area contributed by atoms with Crippen molar-refractivity contribution in [3.63, 3.8) is 0 Å². The molecule has 0 aliphatic carbocycles. The number of fused-ring (bicyclic) bond motifs is 1. The van der Waals surface area contributed by atoms with Gasteiger partial charge < -0.3 is 10.7 Å². The zero-order valence-corrected chi connectivity index (χ0v) is 17.0. The third kappa shape index (κ3) is 3.49. The Hall–Kier alpha value is -2.80. The lowest BCUT2D eigenvalue weighted by molar-refractivity contribution is -0.116. The third-order valence-electron chi connectivity index (χ3n) is 4.95. The van der Waals surface area contributed by atoms with E-state index in [1.165, 1.54) is 17.3 Å². The van der Waals surface area contributed by atoms with Crippen molar-refractivity contribution in [1.82, 2.24) is 14.9 Å². The Balaban J connectivity index is 1.67. The van der Waals surface area contributed by atoms with E-state index >= 15 is 0 Å². The minimum Gasteiger partial charge on any atom is -0.325 e. The molecular weight excluding hydrogens is 370 g/mol. The van der Waals surface area contributed by atoms with Crippen LogP contribution in [0.3, 0.4) is 0 Å². The summed E-state index contributed by atoms with van der Waals surface area (Å²) in [5.41, 5.74) is 7.66. The highest BCUT2D eigenvalue weighted by atomic mass is 32.2. The predicted octanol–water partition coefficient (Wildman–Crippen LogP) is 3.86. The number of aromatic nitrogens is 3. The van der Waals surface area contributed by atoms with Crippen LogP contribution in [0, 0.1) is 13.8 Å². The Labute approximate surface area is 168 Å². The van der Waals surface area contributed by atoms with Crippen molar-refractivity contribution in [1.29, 1.82) is 0 Å². The third-order valence-corrected chi connectivity index (χ3v) is 6.16. The van der Waals surface area contributed by atoms with Crippen LogP contribution in [0.5, 0.6) is 0 Å². The van der Waals surface area contributed by atoms with Crippen LogP contribution in [-0.4, -0.2) is 26.0 Å². The number of anilines is 1. The van der Waals surface area contributed by atoms with Crippen LogP contribution in [0.15, 0.2) is 53.7 Å². The molecule has 3 aromatic rings. The highest BCUT2D eigenvalue weighted by Crippen LogP contribution is 2.37. The fourth-order valence-corrected chi connectivity index (χ4v) is 4.46. The summed E-state index contributed by atoms with van der Waals surface area (Å²) >= 11 is 1.44. The maximum Gasteiger partial charge on any atom is 0.240 e. The second kappa shape index (κ2) is 7.67. The van der Waals surface area contributed by atoms with Crippen LogP contribution >= 0.6 is 11.8 Å². The normalized spacial score (nSPS) is 18.2. The Morgan fingerprint density at radius 3 is 2.64 bits per heavy atom. The summed E-state index contributed by atoms with van der Waals surface area (Å²) in [5, 5.41) is 11.8. The maximum absolute atomic E-state index is 13.3. The molecular formula is C21H23N5OS. The van der Waals surface area contributed by atoms with Gasteiger partial charge in [-0.15, -0.1) is 10.2 Å². The number of carbonyl (C=O) groups excluding carboxylic acids is 1. The molecule has 144 valence electrons. The van der Waals surface area contributed by atoms with Crippen LogP contribution < -0.4 is 10.7 Å². The number of hydrogen-bond donors (Lipinski definition) is 2. The molecule has 0 saturated carbocycles. The Morgan fingerprint density at radius 1 is 1.14 bits per heavy atom. The average Bonchev–Trinajstić information content (AvgIpc) is 3.08. The van der Waals surface area contributed by atoms with Gasteiger partial charge >= 0.3 is 0 Å². The first-order chi connectivity index (χ1) is 13.6.